The van der Waals surface area contributed by atoms with Crippen LogP contribution in [0.3, 0.4) is 0 Å². The summed E-state index contributed by atoms with van der Waals surface area (Å²) in [6.07, 6.45) is 2.18. The Kier molecular flexibility index (Phi) is 4.80. The lowest BCUT2D eigenvalue weighted by Crippen LogP contribution is -2.46. The van der Waals surface area contributed by atoms with E-state index in [4.69, 9.17) is 4.74 Å². The molecule has 1 fully saturated rings. The maximum Gasteiger partial charge on any atom is 0.0826 e. The van der Waals surface area contributed by atoms with Crippen LogP contribution in [0.1, 0.15) is 12.5 Å². The molecule has 4 nitrogen and oxygen atoms in total. The molecular formula is C17H23N3O. The third-order valence-corrected chi connectivity index (χ3v) is 4.10. The van der Waals surface area contributed by atoms with Gasteiger partial charge in [0.2, 0.25) is 0 Å². The number of nitrogens with one attached hydrogen (secondary N) is 1. The van der Waals surface area contributed by atoms with E-state index in [0.717, 1.165) is 44.8 Å². The van der Waals surface area contributed by atoms with Gasteiger partial charge in [-0.05, 0) is 24.2 Å². The van der Waals surface area contributed by atoms with E-state index in [9.17, 15) is 0 Å². The summed E-state index contributed by atoms with van der Waals surface area (Å²) in [6.45, 7) is 8.00. The van der Waals surface area contributed by atoms with Crippen LogP contribution < -0.4 is 5.32 Å². The second-order valence-corrected chi connectivity index (χ2v) is 5.50. The molecule has 0 aliphatic carbocycles. The molecule has 4 heteroatoms. The predicted molar refractivity (Wildman–Crippen MR) is 85.3 cm³/mol. The smallest absolute Gasteiger partial charge is 0.0826 e. The summed E-state index contributed by atoms with van der Waals surface area (Å²) in [6, 6.07) is 10.4. The van der Waals surface area contributed by atoms with Crippen molar-refractivity contribution in [1.82, 2.24) is 15.2 Å². The zero-order valence-corrected chi connectivity index (χ0v) is 12.6. The molecule has 0 amide bonds. The highest BCUT2D eigenvalue weighted by molar-refractivity contribution is 5.81. The summed E-state index contributed by atoms with van der Waals surface area (Å²) in [7, 11) is 0. The molecule has 0 radical (unpaired) electrons. The Balaban J connectivity index is 1.57. The summed E-state index contributed by atoms with van der Waals surface area (Å²) in [4.78, 5) is 6.84. The molecule has 1 aromatic carbocycles. The van der Waals surface area contributed by atoms with Crippen LogP contribution in [0, 0.1) is 0 Å². The zero-order chi connectivity index (χ0) is 14.5. The molecule has 1 aliphatic heterocycles. The lowest BCUT2D eigenvalue weighted by Gasteiger charge is -2.32. The molecule has 0 spiro atoms. The molecule has 1 aromatic heterocycles. The van der Waals surface area contributed by atoms with Gasteiger partial charge in [-0.1, -0.05) is 25.1 Å². The molecule has 1 aliphatic rings. The molecule has 1 saturated heterocycles. The van der Waals surface area contributed by atoms with Gasteiger partial charge in [-0.2, -0.15) is 0 Å². The number of hydrogen-bond donors (Lipinski definition) is 1. The first-order valence-electron chi connectivity index (χ1n) is 7.74. The van der Waals surface area contributed by atoms with Gasteiger partial charge in [0.1, 0.15) is 0 Å². The third kappa shape index (κ3) is 3.59. The quantitative estimate of drug-likeness (QED) is 0.912. The highest BCUT2D eigenvalue weighted by Crippen LogP contribution is 2.15. The predicted octanol–water partition coefficient (Wildman–Crippen LogP) is 2.05. The molecule has 0 bridgehead atoms. The molecular weight excluding hydrogens is 262 g/mol. The number of aromatic nitrogens is 1. The maximum atomic E-state index is 5.82. The summed E-state index contributed by atoms with van der Waals surface area (Å²) in [5, 5.41) is 4.76. The first-order valence-corrected chi connectivity index (χ1v) is 7.74. The lowest BCUT2D eigenvalue weighted by molar-refractivity contribution is -0.0253. The standard InChI is InChI=1S/C17H23N3O/c1-2-20-9-10-21-15(13-20)12-18-11-14-7-8-19-17-6-4-3-5-16(14)17/h3-8,15,18H,2,9-13H2,1H3. The Morgan fingerprint density at radius 3 is 3.14 bits per heavy atom. The Hall–Kier alpha value is -1.49. The van der Waals surface area contributed by atoms with Crippen molar-refractivity contribution in [1.29, 1.82) is 0 Å². The molecule has 1 unspecified atom stereocenters. The van der Waals surface area contributed by atoms with Gasteiger partial charge in [-0.3, -0.25) is 9.88 Å². The maximum absolute atomic E-state index is 5.82. The van der Waals surface area contributed by atoms with Crippen molar-refractivity contribution in [2.24, 2.45) is 0 Å². The lowest BCUT2D eigenvalue weighted by atomic mass is 10.1. The SMILES string of the molecule is CCN1CCOC(CNCc2ccnc3ccccc23)C1. The van der Waals surface area contributed by atoms with Gasteiger partial charge >= 0.3 is 0 Å². The van der Waals surface area contributed by atoms with Crippen LogP contribution in [0.15, 0.2) is 36.5 Å². The summed E-state index contributed by atoms with van der Waals surface area (Å²) < 4.78 is 5.82. The number of pyridine rings is 1. The topological polar surface area (TPSA) is 37.4 Å². The number of nitrogens with zero attached hydrogens (tertiary/aromatic N) is 2. The Morgan fingerprint density at radius 1 is 1.33 bits per heavy atom. The average Bonchev–Trinajstić information content (AvgIpc) is 2.55. The minimum absolute atomic E-state index is 0.298. The average molecular weight is 285 g/mol. The van der Waals surface area contributed by atoms with Crippen LogP contribution in [0.4, 0.5) is 0 Å². The van der Waals surface area contributed by atoms with Crippen LogP contribution in [-0.4, -0.2) is 48.8 Å². The van der Waals surface area contributed by atoms with Gasteiger partial charge in [-0.15, -0.1) is 0 Å². The Bertz CT molecular complexity index is 582. The first kappa shape index (κ1) is 14.4. The highest BCUT2D eigenvalue weighted by atomic mass is 16.5. The summed E-state index contributed by atoms with van der Waals surface area (Å²) in [5.41, 5.74) is 2.35. The molecule has 3 rings (SSSR count). The monoisotopic (exact) mass is 285 g/mol. The number of hydrogen-bond acceptors (Lipinski definition) is 4. The molecule has 112 valence electrons. The van der Waals surface area contributed by atoms with Crippen molar-refractivity contribution in [3.8, 4) is 0 Å². The van der Waals surface area contributed by atoms with E-state index < -0.39 is 0 Å². The van der Waals surface area contributed by atoms with Gasteiger partial charge in [-0.25, -0.2) is 0 Å². The number of ether oxygens (including phenoxy) is 1. The van der Waals surface area contributed by atoms with Crippen molar-refractivity contribution < 1.29 is 4.74 Å². The zero-order valence-electron chi connectivity index (χ0n) is 12.6. The van der Waals surface area contributed by atoms with E-state index in [1.807, 2.05) is 12.3 Å². The van der Waals surface area contributed by atoms with Crippen LogP contribution in [-0.2, 0) is 11.3 Å². The fourth-order valence-electron chi connectivity index (χ4n) is 2.87. The second kappa shape index (κ2) is 6.98. The van der Waals surface area contributed by atoms with Gasteiger partial charge in [0.25, 0.3) is 0 Å². The minimum atomic E-state index is 0.298. The van der Waals surface area contributed by atoms with Gasteiger partial charge in [0.05, 0.1) is 18.2 Å². The van der Waals surface area contributed by atoms with E-state index in [2.05, 4.69) is 46.4 Å². The van der Waals surface area contributed by atoms with E-state index >= 15 is 0 Å². The van der Waals surface area contributed by atoms with Crippen molar-refractivity contribution in [3.05, 3.63) is 42.1 Å². The third-order valence-electron chi connectivity index (χ3n) is 4.10. The largest absolute Gasteiger partial charge is 0.374 e. The summed E-state index contributed by atoms with van der Waals surface area (Å²) >= 11 is 0. The van der Waals surface area contributed by atoms with E-state index in [0.29, 0.717) is 6.10 Å². The minimum Gasteiger partial charge on any atom is -0.374 e. The normalized spacial score (nSPS) is 20.0. The number of morpholine rings is 1. The Labute approximate surface area is 126 Å². The van der Waals surface area contributed by atoms with Crippen LogP contribution in [0.5, 0.6) is 0 Å². The van der Waals surface area contributed by atoms with Crippen LogP contribution in [0.25, 0.3) is 10.9 Å². The van der Waals surface area contributed by atoms with Gasteiger partial charge in [0.15, 0.2) is 0 Å². The van der Waals surface area contributed by atoms with Gasteiger partial charge < -0.3 is 10.1 Å². The van der Waals surface area contributed by atoms with E-state index in [1.54, 1.807) is 0 Å². The summed E-state index contributed by atoms with van der Waals surface area (Å²) in [5.74, 6) is 0. The number of fused-ring (bicyclic) bond motifs is 1. The number of benzene rings is 1. The van der Waals surface area contributed by atoms with E-state index in [-0.39, 0.29) is 0 Å². The number of para-hydroxylation sites is 1. The number of rotatable bonds is 5. The first-order chi connectivity index (χ1) is 10.4. The van der Waals surface area contributed by atoms with Crippen molar-refractivity contribution in [2.75, 3.05) is 32.8 Å². The molecule has 1 N–H and O–H groups in total. The molecule has 2 aromatic rings. The number of likely N-dealkylation sites (N-methyl/N-ethyl adjacent to an activating group) is 1. The van der Waals surface area contributed by atoms with Crippen molar-refractivity contribution >= 4 is 10.9 Å². The van der Waals surface area contributed by atoms with Crippen molar-refractivity contribution in [3.63, 3.8) is 0 Å². The second-order valence-electron chi connectivity index (χ2n) is 5.50. The van der Waals surface area contributed by atoms with Crippen LogP contribution in [0.2, 0.25) is 0 Å². The highest BCUT2D eigenvalue weighted by Gasteiger charge is 2.18. The fourth-order valence-corrected chi connectivity index (χ4v) is 2.87. The molecule has 1 atom stereocenters. The molecule has 21 heavy (non-hydrogen) atoms. The van der Waals surface area contributed by atoms with Crippen LogP contribution >= 0.6 is 0 Å². The molecule has 2 heterocycles. The van der Waals surface area contributed by atoms with Gasteiger partial charge in [0, 0.05) is 37.8 Å². The Morgan fingerprint density at radius 2 is 2.24 bits per heavy atom. The fraction of sp³-hybridized carbons (Fsp3) is 0.471. The molecule has 0 saturated carbocycles. The van der Waals surface area contributed by atoms with Crippen molar-refractivity contribution in [2.45, 2.75) is 19.6 Å². The van der Waals surface area contributed by atoms with E-state index in [1.165, 1.54) is 10.9 Å².